The van der Waals surface area contributed by atoms with Crippen molar-refractivity contribution in [2.75, 3.05) is 11.9 Å². The predicted octanol–water partition coefficient (Wildman–Crippen LogP) is 2.39. The summed E-state index contributed by atoms with van der Waals surface area (Å²) >= 11 is 0. The number of hydrogen-bond donors (Lipinski definition) is 2. The average Bonchev–Trinajstić information content (AvgIpc) is 2.87. The zero-order chi connectivity index (χ0) is 14.2. The maximum absolute atomic E-state index is 9.90. The van der Waals surface area contributed by atoms with Crippen LogP contribution in [0.15, 0.2) is 18.5 Å². The Balaban J connectivity index is 1.96. The lowest BCUT2D eigenvalue weighted by Gasteiger charge is -2.40. The standard InChI is InChI=1S/C15H22N4O/c1-11-4-3-5-15(8-11,9-20)18-14-7-12(2)6-13-16-10-17-19(13)14/h6-7,10-11,18,20H,3-5,8-9H2,1-2H3. The smallest absolute Gasteiger partial charge is 0.157 e. The number of nitrogens with one attached hydrogen (secondary N) is 1. The number of anilines is 1. The fourth-order valence-corrected chi connectivity index (χ4v) is 3.37. The summed E-state index contributed by atoms with van der Waals surface area (Å²) in [6, 6.07) is 4.08. The third kappa shape index (κ3) is 2.38. The zero-order valence-corrected chi connectivity index (χ0v) is 12.1. The van der Waals surface area contributed by atoms with Crippen LogP contribution in [0.25, 0.3) is 5.65 Å². The van der Waals surface area contributed by atoms with Gasteiger partial charge >= 0.3 is 0 Å². The molecule has 0 radical (unpaired) electrons. The number of aryl methyl sites for hydroxylation is 1. The summed E-state index contributed by atoms with van der Waals surface area (Å²) in [6.07, 6.45) is 5.96. The molecule has 1 aliphatic rings. The van der Waals surface area contributed by atoms with Crippen LogP contribution in [0.4, 0.5) is 5.82 Å². The molecule has 2 aromatic heterocycles. The monoisotopic (exact) mass is 274 g/mol. The summed E-state index contributed by atoms with van der Waals surface area (Å²) in [5.41, 5.74) is 1.75. The van der Waals surface area contributed by atoms with E-state index in [-0.39, 0.29) is 12.1 Å². The van der Waals surface area contributed by atoms with Gasteiger partial charge in [0, 0.05) is 0 Å². The van der Waals surface area contributed by atoms with E-state index in [1.807, 2.05) is 10.6 Å². The Hall–Kier alpha value is -1.62. The Morgan fingerprint density at radius 3 is 3.10 bits per heavy atom. The van der Waals surface area contributed by atoms with Gasteiger partial charge in [-0.25, -0.2) is 4.98 Å². The van der Waals surface area contributed by atoms with Gasteiger partial charge in [0.05, 0.1) is 12.1 Å². The van der Waals surface area contributed by atoms with Gasteiger partial charge in [0.1, 0.15) is 12.1 Å². The lowest BCUT2D eigenvalue weighted by Crippen LogP contribution is -2.46. The normalized spacial score (nSPS) is 26.9. The number of fused-ring (bicyclic) bond motifs is 1. The number of aliphatic hydroxyl groups excluding tert-OH is 1. The van der Waals surface area contributed by atoms with Crippen molar-refractivity contribution in [1.82, 2.24) is 14.6 Å². The van der Waals surface area contributed by atoms with E-state index in [0.717, 1.165) is 36.3 Å². The number of aliphatic hydroxyl groups is 1. The molecule has 1 aliphatic carbocycles. The molecule has 0 aliphatic heterocycles. The SMILES string of the molecule is Cc1cc(NC2(CO)CCCC(C)C2)n2ncnc2c1. The van der Waals surface area contributed by atoms with Crippen LogP contribution in [0, 0.1) is 12.8 Å². The van der Waals surface area contributed by atoms with E-state index in [0.29, 0.717) is 5.92 Å². The van der Waals surface area contributed by atoms with Crippen LogP contribution < -0.4 is 5.32 Å². The molecule has 1 fully saturated rings. The third-order valence-electron chi connectivity index (χ3n) is 4.31. The van der Waals surface area contributed by atoms with Gasteiger partial charge in [-0.05, 0) is 43.4 Å². The van der Waals surface area contributed by atoms with Crippen LogP contribution >= 0.6 is 0 Å². The van der Waals surface area contributed by atoms with Gasteiger partial charge < -0.3 is 10.4 Å². The van der Waals surface area contributed by atoms with Gasteiger partial charge in [0.2, 0.25) is 0 Å². The second-order valence-electron chi connectivity index (χ2n) is 6.21. The third-order valence-corrected chi connectivity index (χ3v) is 4.31. The van der Waals surface area contributed by atoms with Gasteiger partial charge in [-0.1, -0.05) is 19.8 Å². The molecular weight excluding hydrogens is 252 g/mol. The van der Waals surface area contributed by atoms with E-state index < -0.39 is 0 Å². The predicted molar refractivity (Wildman–Crippen MR) is 78.8 cm³/mol. The molecule has 0 bridgehead atoms. The minimum Gasteiger partial charge on any atom is -0.394 e. The molecule has 20 heavy (non-hydrogen) atoms. The second kappa shape index (κ2) is 5.05. The molecule has 0 spiro atoms. The molecule has 0 aromatic carbocycles. The summed E-state index contributed by atoms with van der Waals surface area (Å²) in [6.45, 7) is 4.46. The molecule has 2 N–H and O–H groups in total. The first-order valence-electron chi connectivity index (χ1n) is 7.31. The Kier molecular flexibility index (Phi) is 3.38. The Labute approximate surface area is 119 Å². The summed E-state index contributed by atoms with van der Waals surface area (Å²) in [4.78, 5) is 4.25. The van der Waals surface area contributed by atoms with E-state index in [1.165, 1.54) is 6.42 Å². The highest BCUT2D eigenvalue weighted by atomic mass is 16.3. The fourth-order valence-electron chi connectivity index (χ4n) is 3.37. The highest BCUT2D eigenvalue weighted by Gasteiger charge is 2.34. The van der Waals surface area contributed by atoms with Gasteiger partial charge in [0.15, 0.2) is 5.65 Å². The minimum absolute atomic E-state index is 0.154. The molecule has 108 valence electrons. The number of nitrogens with zero attached hydrogens (tertiary/aromatic N) is 3. The van der Waals surface area contributed by atoms with E-state index in [9.17, 15) is 5.11 Å². The van der Waals surface area contributed by atoms with Crippen molar-refractivity contribution in [3.8, 4) is 0 Å². The molecule has 2 unspecified atom stereocenters. The van der Waals surface area contributed by atoms with Crippen molar-refractivity contribution >= 4 is 11.5 Å². The Morgan fingerprint density at radius 2 is 2.35 bits per heavy atom. The van der Waals surface area contributed by atoms with E-state index >= 15 is 0 Å². The zero-order valence-electron chi connectivity index (χ0n) is 12.1. The highest BCUT2D eigenvalue weighted by Crippen LogP contribution is 2.34. The van der Waals surface area contributed by atoms with Crippen molar-refractivity contribution in [1.29, 1.82) is 0 Å². The molecule has 3 rings (SSSR count). The fraction of sp³-hybridized carbons (Fsp3) is 0.600. The molecule has 1 saturated carbocycles. The number of aromatic nitrogens is 3. The molecular formula is C15H22N4O. The van der Waals surface area contributed by atoms with Crippen LogP contribution in [0.3, 0.4) is 0 Å². The highest BCUT2D eigenvalue weighted by molar-refractivity contribution is 5.52. The summed E-state index contributed by atoms with van der Waals surface area (Å²) < 4.78 is 1.81. The van der Waals surface area contributed by atoms with Crippen molar-refractivity contribution in [3.63, 3.8) is 0 Å². The maximum Gasteiger partial charge on any atom is 0.157 e. The lowest BCUT2D eigenvalue weighted by molar-refractivity contribution is 0.149. The van der Waals surface area contributed by atoms with Crippen LogP contribution in [-0.4, -0.2) is 31.9 Å². The van der Waals surface area contributed by atoms with Crippen LogP contribution in [-0.2, 0) is 0 Å². The number of rotatable bonds is 3. The van der Waals surface area contributed by atoms with Gasteiger partial charge in [-0.3, -0.25) is 0 Å². The molecule has 5 heteroatoms. The molecule has 2 aromatic rings. The largest absolute Gasteiger partial charge is 0.394 e. The van der Waals surface area contributed by atoms with Crippen molar-refractivity contribution < 1.29 is 5.11 Å². The van der Waals surface area contributed by atoms with Crippen LogP contribution in [0.2, 0.25) is 0 Å². The lowest BCUT2D eigenvalue weighted by atomic mass is 9.77. The van der Waals surface area contributed by atoms with Crippen LogP contribution in [0.1, 0.15) is 38.2 Å². The first-order chi connectivity index (χ1) is 9.62. The van der Waals surface area contributed by atoms with Crippen molar-refractivity contribution in [2.45, 2.75) is 45.1 Å². The first-order valence-corrected chi connectivity index (χ1v) is 7.31. The van der Waals surface area contributed by atoms with E-state index in [4.69, 9.17) is 0 Å². The Bertz CT molecular complexity index is 609. The van der Waals surface area contributed by atoms with Gasteiger partial charge in [-0.15, -0.1) is 0 Å². The molecule has 2 heterocycles. The maximum atomic E-state index is 9.90. The number of pyridine rings is 1. The Morgan fingerprint density at radius 1 is 1.50 bits per heavy atom. The van der Waals surface area contributed by atoms with Crippen molar-refractivity contribution in [2.24, 2.45) is 5.92 Å². The quantitative estimate of drug-likeness (QED) is 0.902. The topological polar surface area (TPSA) is 62.5 Å². The molecule has 5 nitrogen and oxygen atoms in total. The molecule has 0 amide bonds. The average molecular weight is 274 g/mol. The molecule has 2 atom stereocenters. The minimum atomic E-state index is -0.232. The van der Waals surface area contributed by atoms with E-state index in [1.54, 1.807) is 6.33 Å². The number of hydrogen-bond acceptors (Lipinski definition) is 4. The van der Waals surface area contributed by atoms with Gasteiger partial charge in [-0.2, -0.15) is 9.61 Å². The summed E-state index contributed by atoms with van der Waals surface area (Å²) in [5.74, 6) is 1.56. The van der Waals surface area contributed by atoms with Crippen molar-refractivity contribution in [3.05, 3.63) is 24.0 Å². The first kappa shape index (κ1) is 13.4. The van der Waals surface area contributed by atoms with Crippen LogP contribution in [0.5, 0.6) is 0 Å². The summed E-state index contributed by atoms with van der Waals surface area (Å²) in [7, 11) is 0. The molecule has 0 saturated heterocycles. The van der Waals surface area contributed by atoms with E-state index in [2.05, 4.69) is 35.3 Å². The summed E-state index contributed by atoms with van der Waals surface area (Å²) in [5, 5.41) is 17.7. The van der Waals surface area contributed by atoms with Gasteiger partial charge in [0.25, 0.3) is 0 Å². The second-order valence-corrected chi connectivity index (χ2v) is 6.21.